The second-order valence-corrected chi connectivity index (χ2v) is 9.79. The SMILES string of the molecule is CN(Cc1cn2c(N3CCN(Cc4nccn4C)CC3)nccc2n1)[C@H]1CCCc2cccnc21. The predicted octanol–water partition coefficient (Wildman–Crippen LogP) is 2.69. The van der Waals surface area contributed by atoms with Crippen LogP contribution in [0.1, 0.15) is 41.7 Å². The molecule has 0 spiro atoms. The van der Waals surface area contributed by atoms with Crippen LogP contribution in [0.4, 0.5) is 5.95 Å². The Bertz CT molecular complexity index is 1300. The van der Waals surface area contributed by atoms with Crippen molar-refractivity contribution in [3.63, 3.8) is 0 Å². The van der Waals surface area contributed by atoms with E-state index in [0.29, 0.717) is 6.04 Å². The molecule has 9 heteroatoms. The number of aryl methyl sites for hydroxylation is 2. The zero-order valence-corrected chi connectivity index (χ0v) is 20.6. The number of pyridine rings is 1. The molecular weight excluding hydrogens is 438 g/mol. The Hall–Kier alpha value is -3.30. The Kier molecular flexibility index (Phi) is 5.95. The van der Waals surface area contributed by atoms with E-state index in [0.717, 1.165) is 75.2 Å². The van der Waals surface area contributed by atoms with Crippen LogP contribution in [0.2, 0.25) is 0 Å². The average molecular weight is 472 g/mol. The largest absolute Gasteiger partial charge is 0.339 e. The molecule has 0 unspecified atom stereocenters. The van der Waals surface area contributed by atoms with E-state index in [1.54, 1.807) is 0 Å². The fourth-order valence-electron chi connectivity index (χ4n) is 5.50. The third-order valence-electron chi connectivity index (χ3n) is 7.46. The lowest BCUT2D eigenvalue weighted by molar-refractivity contribution is 0.206. The highest BCUT2D eigenvalue weighted by molar-refractivity contribution is 5.48. The summed E-state index contributed by atoms with van der Waals surface area (Å²) >= 11 is 0. The minimum Gasteiger partial charge on any atom is -0.339 e. The van der Waals surface area contributed by atoms with Gasteiger partial charge in [0.05, 0.1) is 24.0 Å². The zero-order valence-electron chi connectivity index (χ0n) is 20.6. The van der Waals surface area contributed by atoms with Gasteiger partial charge in [-0.2, -0.15) is 0 Å². The maximum absolute atomic E-state index is 4.95. The lowest BCUT2D eigenvalue weighted by Gasteiger charge is -2.35. The molecule has 1 saturated heterocycles. The monoisotopic (exact) mass is 471 g/mol. The topological polar surface area (TPSA) is 70.6 Å². The summed E-state index contributed by atoms with van der Waals surface area (Å²) in [4.78, 5) is 26.1. The number of hydrogen-bond donors (Lipinski definition) is 0. The number of hydrogen-bond acceptors (Lipinski definition) is 7. The van der Waals surface area contributed by atoms with Crippen LogP contribution in [0.5, 0.6) is 0 Å². The molecule has 5 heterocycles. The number of fused-ring (bicyclic) bond motifs is 2. The fraction of sp³-hybridized carbons (Fsp3) is 0.462. The zero-order chi connectivity index (χ0) is 23.8. The highest BCUT2D eigenvalue weighted by Crippen LogP contribution is 2.32. The molecule has 182 valence electrons. The summed E-state index contributed by atoms with van der Waals surface area (Å²) in [6.45, 7) is 5.53. The summed E-state index contributed by atoms with van der Waals surface area (Å²) in [5.74, 6) is 2.09. The van der Waals surface area contributed by atoms with Crippen LogP contribution < -0.4 is 4.90 Å². The smallest absolute Gasteiger partial charge is 0.211 e. The van der Waals surface area contributed by atoms with Crippen LogP contribution in [0, 0.1) is 0 Å². The molecule has 4 aromatic heterocycles. The molecule has 0 radical (unpaired) electrons. The molecule has 6 rings (SSSR count). The van der Waals surface area contributed by atoms with Crippen molar-refractivity contribution in [3.8, 4) is 0 Å². The van der Waals surface area contributed by atoms with E-state index in [2.05, 4.69) is 61.1 Å². The van der Waals surface area contributed by atoms with Crippen molar-refractivity contribution in [3.05, 3.63) is 72.0 Å². The van der Waals surface area contributed by atoms with E-state index in [9.17, 15) is 0 Å². The minimum atomic E-state index is 0.342. The fourth-order valence-corrected chi connectivity index (χ4v) is 5.50. The van der Waals surface area contributed by atoms with Crippen LogP contribution in [-0.2, 0) is 26.6 Å². The Morgan fingerprint density at radius 1 is 1.03 bits per heavy atom. The second-order valence-electron chi connectivity index (χ2n) is 9.79. The highest BCUT2D eigenvalue weighted by Gasteiger charge is 2.26. The van der Waals surface area contributed by atoms with Crippen LogP contribution in [0.25, 0.3) is 5.65 Å². The molecule has 0 amide bonds. The van der Waals surface area contributed by atoms with E-state index in [1.165, 1.54) is 17.7 Å². The van der Waals surface area contributed by atoms with Crippen LogP contribution >= 0.6 is 0 Å². The molecule has 35 heavy (non-hydrogen) atoms. The molecule has 0 saturated carbocycles. The summed E-state index contributed by atoms with van der Waals surface area (Å²) in [6, 6.07) is 6.62. The first kappa shape index (κ1) is 22.2. The van der Waals surface area contributed by atoms with Gasteiger partial charge < -0.3 is 9.47 Å². The number of imidazole rings is 2. The molecule has 2 aliphatic rings. The Balaban J connectivity index is 1.16. The van der Waals surface area contributed by atoms with Crippen LogP contribution in [0.3, 0.4) is 0 Å². The summed E-state index contributed by atoms with van der Waals surface area (Å²) in [7, 11) is 4.25. The Morgan fingerprint density at radius 2 is 1.91 bits per heavy atom. The van der Waals surface area contributed by atoms with Crippen molar-refractivity contribution in [1.29, 1.82) is 0 Å². The van der Waals surface area contributed by atoms with Crippen LogP contribution in [0.15, 0.2) is 49.2 Å². The Morgan fingerprint density at radius 3 is 2.74 bits per heavy atom. The molecule has 9 nitrogen and oxygen atoms in total. The predicted molar refractivity (Wildman–Crippen MR) is 135 cm³/mol. The van der Waals surface area contributed by atoms with Gasteiger partial charge in [0.2, 0.25) is 5.95 Å². The van der Waals surface area contributed by atoms with Gasteiger partial charge in [-0.15, -0.1) is 0 Å². The van der Waals surface area contributed by atoms with E-state index in [1.807, 2.05) is 30.9 Å². The second kappa shape index (κ2) is 9.39. The van der Waals surface area contributed by atoms with Gasteiger partial charge in [0.1, 0.15) is 11.5 Å². The first-order valence-corrected chi connectivity index (χ1v) is 12.6. The first-order chi connectivity index (χ1) is 17.2. The van der Waals surface area contributed by atoms with Gasteiger partial charge in [-0.25, -0.2) is 15.0 Å². The van der Waals surface area contributed by atoms with E-state index in [-0.39, 0.29) is 0 Å². The maximum atomic E-state index is 4.95. The van der Waals surface area contributed by atoms with Crippen molar-refractivity contribution >= 4 is 11.6 Å². The molecule has 0 bridgehead atoms. The van der Waals surface area contributed by atoms with Crippen LogP contribution in [-0.4, -0.2) is 71.9 Å². The van der Waals surface area contributed by atoms with Gasteiger partial charge in [0, 0.05) is 70.8 Å². The van der Waals surface area contributed by atoms with Gasteiger partial charge in [-0.3, -0.25) is 19.2 Å². The average Bonchev–Trinajstić information content (AvgIpc) is 3.49. The molecule has 0 N–H and O–H groups in total. The number of aromatic nitrogens is 6. The molecular formula is C26H33N9. The van der Waals surface area contributed by atoms with Gasteiger partial charge in [-0.05, 0) is 44.0 Å². The quantitative estimate of drug-likeness (QED) is 0.428. The normalized spacial score (nSPS) is 18.9. The van der Waals surface area contributed by atoms with E-state index >= 15 is 0 Å². The van der Waals surface area contributed by atoms with Crippen molar-refractivity contribution in [2.75, 3.05) is 38.1 Å². The van der Waals surface area contributed by atoms with Crippen molar-refractivity contribution in [1.82, 2.24) is 38.7 Å². The van der Waals surface area contributed by atoms with Gasteiger partial charge >= 0.3 is 0 Å². The van der Waals surface area contributed by atoms with Gasteiger partial charge in [0.25, 0.3) is 0 Å². The standard InChI is InChI=1S/C26H33N9/c1-31-12-11-27-24(31)19-33-13-15-34(16-14-33)26-29-10-8-23-30-21(18-35(23)26)17-32(2)22-7-3-5-20-6-4-9-28-25(20)22/h4,6,8-12,18,22H,3,5,7,13-17,19H2,1-2H3/t22-/m0/s1. The lowest BCUT2D eigenvalue weighted by atomic mass is 9.91. The third kappa shape index (κ3) is 4.41. The lowest BCUT2D eigenvalue weighted by Crippen LogP contribution is -2.47. The summed E-state index contributed by atoms with van der Waals surface area (Å²) in [5.41, 5.74) is 4.64. The minimum absolute atomic E-state index is 0.342. The molecule has 1 aliphatic carbocycles. The third-order valence-corrected chi connectivity index (χ3v) is 7.46. The van der Waals surface area contributed by atoms with E-state index < -0.39 is 0 Å². The molecule has 1 aliphatic heterocycles. The summed E-state index contributed by atoms with van der Waals surface area (Å²) in [5, 5.41) is 0. The van der Waals surface area contributed by atoms with Gasteiger partial charge in [0.15, 0.2) is 0 Å². The molecule has 4 aromatic rings. The first-order valence-electron chi connectivity index (χ1n) is 12.6. The van der Waals surface area contributed by atoms with Crippen molar-refractivity contribution < 1.29 is 0 Å². The Labute approximate surface area is 206 Å². The highest BCUT2D eigenvalue weighted by atomic mass is 15.3. The maximum Gasteiger partial charge on any atom is 0.211 e. The number of nitrogens with zero attached hydrogens (tertiary/aromatic N) is 9. The van der Waals surface area contributed by atoms with Crippen molar-refractivity contribution in [2.24, 2.45) is 7.05 Å². The number of anilines is 1. The van der Waals surface area contributed by atoms with Crippen molar-refractivity contribution in [2.45, 2.75) is 38.4 Å². The number of piperazine rings is 1. The molecule has 1 fully saturated rings. The van der Waals surface area contributed by atoms with Gasteiger partial charge in [-0.1, -0.05) is 6.07 Å². The summed E-state index contributed by atoms with van der Waals surface area (Å²) in [6.07, 6.45) is 13.3. The molecule has 0 aromatic carbocycles. The number of rotatable bonds is 6. The summed E-state index contributed by atoms with van der Waals surface area (Å²) < 4.78 is 4.26. The molecule has 1 atom stereocenters. The van der Waals surface area contributed by atoms with E-state index in [4.69, 9.17) is 15.0 Å².